The number of hydrogen-bond acceptors (Lipinski definition) is 4. The van der Waals surface area contributed by atoms with Gasteiger partial charge >= 0.3 is 0 Å². The number of benzene rings is 1. The Kier molecular flexibility index (Phi) is 5.36. The minimum Gasteiger partial charge on any atom is -0.310 e. The molecule has 0 spiro atoms. The van der Waals surface area contributed by atoms with E-state index in [1.807, 2.05) is 0 Å². The Bertz CT molecular complexity index is 533. The first kappa shape index (κ1) is 14.5. The molecule has 5 heteroatoms. The van der Waals surface area contributed by atoms with Crippen LogP contribution in [0.4, 0.5) is 0 Å². The van der Waals surface area contributed by atoms with E-state index in [9.17, 15) is 0 Å². The zero-order valence-electron chi connectivity index (χ0n) is 10.9. The maximum atomic E-state index is 4.26. The van der Waals surface area contributed by atoms with Crippen LogP contribution in [0, 0.1) is 0 Å². The minimum absolute atomic E-state index is 0.343. The molecule has 1 atom stereocenters. The van der Waals surface area contributed by atoms with Crippen molar-refractivity contribution in [1.29, 1.82) is 0 Å². The Labute approximate surface area is 126 Å². The van der Waals surface area contributed by atoms with Crippen molar-refractivity contribution in [2.45, 2.75) is 29.8 Å². The fraction of sp³-hybridized carbons (Fsp3) is 0.286. The van der Waals surface area contributed by atoms with Crippen molar-refractivity contribution in [3.05, 3.63) is 46.8 Å². The van der Waals surface area contributed by atoms with Gasteiger partial charge in [-0.25, -0.2) is 4.98 Å². The molecule has 1 heterocycles. The van der Waals surface area contributed by atoms with Gasteiger partial charge in [0, 0.05) is 27.8 Å². The van der Waals surface area contributed by atoms with E-state index in [4.69, 9.17) is 0 Å². The average Bonchev–Trinajstić information content (AvgIpc) is 2.40. The fourth-order valence-electron chi connectivity index (χ4n) is 1.80. The number of hydrogen-bond donors (Lipinski definition) is 1. The highest BCUT2D eigenvalue weighted by molar-refractivity contribution is 9.10. The van der Waals surface area contributed by atoms with Gasteiger partial charge in [-0.05, 0) is 31.2 Å². The van der Waals surface area contributed by atoms with E-state index in [-0.39, 0.29) is 0 Å². The maximum Gasteiger partial charge on any atom is 0.119 e. The molecule has 1 unspecified atom stereocenters. The van der Waals surface area contributed by atoms with Crippen molar-refractivity contribution in [3.63, 3.8) is 0 Å². The average molecular weight is 338 g/mol. The summed E-state index contributed by atoms with van der Waals surface area (Å²) in [6, 6.07) is 6.74. The summed E-state index contributed by atoms with van der Waals surface area (Å²) in [7, 11) is 0. The van der Waals surface area contributed by atoms with Gasteiger partial charge in [-0.15, -0.1) is 0 Å². The summed E-state index contributed by atoms with van der Waals surface area (Å²) in [6.45, 7) is 5.24. The molecule has 0 amide bonds. The molecular weight excluding hydrogens is 322 g/mol. The van der Waals surface area contributed by atoms with Crippen molar-refractivity contribution in [2.75, 3.05) is 6.54 Å². The normalized spacial score (nSPS) is 12.4. The van der Waals surface area contributed by atoms with Crippen LogP contribution in [0.15, 0.2) is 51.2 Å². The molecule has 2 aromatic rings. The predicted molar refractivity (Wildman–Crippen MR) is 82.4 cm³/mol. The van der Waals surface area contributed by atoms with Crippen molar-refractivity contribution in [3.8, 4) is 0 Å². The summed E-state index contributed by atoms with van der Waals surface area (Å²) >= 11 is 5.25. The van der Waals surface area contributed by atoms with E-state index in [2.05, 4.69) is 63.3 Å². The van der Waals surface area contributed by atoms with Gasteiger partial charge in [-0.3, -0.25) is 4.98 Å². The molecule has 0 fully saturated rings. The largest absolute Gasteiger partial charge is 0.310 e. The Morgan fingerprint density at radius 2 is 2.21 bits per heavy atom. The van der Waals surface area contributed by atoms with Crippen LogP contribution in [0.2, 0.25) is 0 Å². The summed E-state index contributed by atoms with van der Waals surface area (Å²) in [5, 5.41) is 4.32. The highest BCUT2D eigenvalue weighted by Gasteiger charge is 2.09. The third-order valence-corrected chi connectivity index (χ3v) is 4.31. The van der Waals surface area contributed by atoms with Crippen LogP contribution in [-0.2, 0) is 0 Å². The van der Waals surface area contributed by atoms with Gasteiger partial charge in [0.2, 0.25) is 0 Å². The first-order chi connectivity index (χ1) is 9.20. The summed E-state index contributed by atoms with van der Waals surface area (Å²) in [6.07, 6.45) is 5.16. The van der Waals surface area contributed by atoms with Crippen LogP contribution in [0.25, 0.3) is 0 Å². The zero-order valence-corrected chi connectivity index (χ0v) is 13.3. The third-order valence-electron chi connectivity index (χ3n) is 2.71. The Morgan fingerprint density at radius 3 is 2.84 bits per heavy atom. The summed E-state index contributed by atoms with van der Waals surface area (Å²) in [5.41, 5.74) is 1.27. The van der Waals surface area contributed by atoms with Crippen molar-refractivity contribution in [1.82, 2.24) is 15.3 Å². The van der Waals surface area contributed by atoms with Crippen LogP contribution in [0.3, 0.4) is 0 Å². The first-order valence-electron chi connectivity index (χ1n) is 6.17. The van der Waals surface area contributed by atoms with Gasteiger partial charge in [0.1, 0.15) is 5.03 Å². The number of nitrogens with one attached hydrogen (secondary N) is 1. The molecule has 1 N–H and O–H groups in total. The van der Waals surface area contributed by atoms with E-state index in [1.165, 1.54) is 5.56 Å². The lowest BCUT2D eigenvalue weighted by Crippen LogP contribution is -2.18. The third kappa shape index (κ3) is 4.03. The molecule has 1 aromatic carbocycles. The molecule has 1 aromatic heterocycles. The second kappa shape index (κ2) is 7.03. The van der Waals surface area contributed by atoms with Crippen molar-refractivity contribution >= 4 is 27.7 Å². The summed E-state index contributed by atoms with van der Waals surface area (Å²) < 4.78 is 1.12. The van der Waals surface area contributed by atoms with Crippen LogP contribution in [0.1, 0.15) is 25.5 Å². The smallest absolute Gasteiger partial charge is 0.119 e. The van der Waals surface area contributed by atoms with E-state index in [0.717, 1.165) is 20.9 Å². The highest BCUT2D eigenvalue weighted by Crippen LogP contribution is 2.31. The number of aromatic nitrogens is 2. The molecule has 19 heavy (non-hydrogen) atoms. The standard InChI is InChI=1S/C14H16BrN3S/c1-3-17-10(2)12-5-4-11(8-13(12)15)19-14-9-16-6-7-18-14/h4-10,17H,3H2,1-2H3. The molecular formula is C14H16BrN3S. The molecule has 0 aliphatic heterocycles. The van der Waals surface area contributed by atoms with Crippen LogP contribution in [-0.4, -0.2) is 16.5 Å². The summed E-state index contributed by atoms with van der Waals surface area (Å²) in [5.74, 6) is 0. The van der Waals surface area contributed by atoms with E-state index in [0.29, 0.717) is 6.04 Å². The lowest BCUT2D eigenvalue weighted by Gasteiger charge is -2.15. The summed E-state index contributed by atoms with van der Waals surface area (Å²) in [4.78, 5) is 9.48. The van der Waals surface area contributed by atoms with E-state index in [1.54, 1.807) is 30.4 Å². The Balaban J connectivity index is 2.15. The van der Waals surface area contributed by atoms with Gasteiger partial charge < -0.3 is 5.32 Å². The van der Waals surface area contributed by atoms with Gasteiger partial charge in [-0.1, -0.05) is 40.7 Å². The maximum absolute atomic E-state index is 4.26. The van der Waals surface area contributed by atoms with Crippen molar-refractivity contribution in [2.24, 2.45) is 0 Å². The monoisotopic (exact) mass is 337 g/mol. The second-order valence-electron chi connectivity index (χ2n) is 4.11. The minimum atomic E-state index is 0.343. The van der Waals surface area contributed by atoms with E-state index < -0.39 is 0 Å². The molecule has 2 rings (SSSR count). The topological polar surface area (TPSA) is 37.8 Å². The van der Waals surface area contributed by atoms with Crippen LogP contribution < -0.4 is 5.32 Å². The Hall–Kier alpha value is -0.910. The van der Waals surface area contributed by atoms with E-state index >= 15 is 0 Å². The number of nitrogens with zero attached hydrogens (tertiary/aromatic N) is 2. The Morgan fingerprint density at radius 1 is 1.37 bits per heavy atom. The van der Waals surface area contributed by atoms with Gasteiger partial charge in [0.05, 0.1) is 6.20 Å². The van der Waals surface area contributed by atoms with Crippen LogP contribution >= 0.6 is 27.7 Å². The van der Waals surface area contributed by atoms with Gasteiger partial charge in [0.25, 0.3) is 0 Å². The van der Waals surface area contributed by atoms with Gasteiger partial charge in [0.15, 0.2) is 0 Å². The molecule has 0 saturated heterocycles. The molecule has 0 aliphatic carbocycles. The molecule has 0 aliphatic rings. The fourth-order valence-corrected chi connectivity index (χ4v) is 3.45. The van der Waals surface area contributed by atoms with Crippen molar-refractivity contribution < 1.29 is 0 Å². The molecule has 0 saturated carbocycles. The first-order valence-corrected chi connectivity index (χ1v) is 7.78. The molecule has 0 bridgehead atoms. The quantitative estimate of drug-likeness (QED) is 0.892. The molecule has 3 nitrogen and oxygen atoms in total. The lowest BCUT2D eigenvalue weighted by atomic mass is 10.1. The van der Waals surface area contributed by atoms with Crippen LogP contribution in [0.5, 0.6) is 0 Å². The number of rotatable bonds is 5. The lowest BCUT2D eigenvalue weighted by molar-refractivity contribution is 0.595. The second-order valence-corrected chi connectivity index (χ2v) is 6.06. The SMILES string of the molecule is CCNC(C)c1ccc(Sc2cnccn2)cc1Br. The van der Waals surface area contributed by atoms with Gasteiger partial charge in [-0.2, -0.15) is 0 Å². The zero-order chi connectivity index (χ0) is 13.7. The molecule has 100 valence electrons. The number of halogens is 1. The molecule has 0 radical (unpaired) electrons. The highest BCUT2D eigenvalue weighted by atomic mass is 79.9. The predicted octanol–water partition coefficient (Wildman–Crippen LogP) is 4.06.